The number of benzene rings is 2. The first-order valence-corrected chi connectivity index (χ1v) is 10.7. The third-order valence-corrected chi connectivity index (χ3v) is 6.14. The SMILES string of the molecule is COc1cc(C)c(/C(O)=C2/C(=O)C(=O)N(Cc3ccc4c(c3)OCO4)C2c2ccco2)cc1C. The van der Waals surface area contributed by atoms with E-state index in [1.165, 1.54) is 11.2 Å². The van der Waals surface area contributed by atoms with E-state index in [1.54, 1.807) is 43.5 Å². The fourth-order valence-corrected chi connectivity index (χ4v) is 4.43. The Kier molecular flexibility index (Phi) is 5.28. The summed E-state index contributed by atoms with van der Waals surface area (Å²) in [6.45, 7) is 3.90. The number of carbonyl (C=O) groups excluding carboxylic acids is 2. The van der Waals surface area contributed by atoms with Crippen molar-refractivity contribution in [3.63, 3.8) is 0 Å². The molecule has 2 aliphatic heterocycles. The van der Waals surface area contributed by atoms with Crippen molar-refractivity contribution in [3.05, 3.63) is 82.3 Å². The number of amides is 1. The molecule has 1 saturated heterocycles. The number of nitrogens with zero attached hydrogens (tertiary/aromatic N) is 1. The molecular formula is C26H23NO7. The second-order valence-electron chi connectivity index (χ2n) is 8.27. The molecule has 8 nitrogen and oxygen atoms in total. The van der Waals surface area contributed by atoms with Crippen molar-refractivity contribution in [1.29, 1.82) is 0 Å². The molecule has 5 rings (SSSR count). The van der Waals surface area contributed by atoms with Gasteiger partial charge in [0.1, 0.15) is 23.3 Å². The smallest absolute Gasteiger partial charge is 0.296 e. The van der Waals surface area contributed by atoms with Crippen molar-refractivity contribution >= 4 is 17.4 Å². The molecule has 0 bridgehead atoms. The molecule has 8 heteroatoms. The second-order valence-corrected chi connectivity index (χ2v) is 8.27. The fourth-order valence-electron chi connectivity index (χ4n) is 4.43. The van der Waals surface area contributed by atoms with Crippen molar-refractivity contribution in [3.8, 4) is 17.2 Å². The van der Waals surface area contributed by atoms with E-state index in [9.17, 15) is 14.7 Å². The van der Waals surface area contributed by atoms with Crippen LogP contribution in [-0.2, 0) is 16.1 Å². The number of hydrogen-bond donors (Lipinski definition) is 1. The number of methoxy groups -OCH3 is 1. The molecule has 0 spiro atoms. The molecule has 1 N–H and O–H groups in total. The number of Topliss-reactive ketones (excluding diaryl/α,β-unsaturated/α-hetero) is 1. The van der Waals surface area contributed by atoms with Crippen LogP contribution in [0, 0.1) is 13.8 Å². The topological polar surface area (TPSA) is 98.4 Å². The molecule has 1 aromatic heterocycles. The van der Waals surface area contributed by atoms with Gasteiger partial charge >= 0.3 is 0 Å². The zero-order valence-electron chi connectivity index (χ0n) is 19.0. The first-order valence-electron chi connectivity index (χ1n) is 10.7. The van der Waals surface area contributed by atoms with Crippen LogP contribution in [0.15, 0.2) is 58.7 Å². The summed E-state index contributed by atoms with van der Waals surface area (Å²) >= 11 is 0. The van der Waals surface area contributed by atoms with Crippen LogP contribution in [0.2, 0.25) is 0 Å². The van der Waals surface area contributed by atoms with Crippen LogP contribution in [0.3, 0.4) is 0 Å². The van der Waals surface area contributed by atoms with Gasteiger partial charge in [-0.3, -0.25) is 9.59 Å². The van der Waals surface area contributed by atoms with Crippen LogP contribution in [0.25, 0.3) is 5.76 Å². The summed E-state index contributed by atoms with van der Waals surface area (Å²) in [6.07, 6.45) is 1.47. The van der Waals surface area contributed by atoms with E-state index < -0.39 is 17.7 Å². The predicted molar refractivity (Wildman–Crippen MR) is 122 cm³/mol. The van der Waals surface area contributed by atoms with E-state index in [1.807, 2.05) is 19.9 Å². The molecule has 2 aromatic carbocycles. The van der Waals surface area contributed by atoms with Gasteiger partial charge in [0.25, 0.3) is 11.7 Å². The van der Waals surface area contributed by atoms with E-state index in [2.05, 4.69) is 0 Å². The molecule has 34 heavy (non-hydrogen) atoms. The Morgan fingerprint density at radius 2 is 1.88 bits per heavy atom. The van der Waals surface area contributed by atoms with Gasteiger partial charge in [-0.1, -0.05) is 6.07 Å². The molecule has 1 atom stereocenters. The summed E-state index contributed by atoms with van der Waals surface area (Å²) in [4.78, 5) is 27.8. The van der Waals surface area contributed by atoms with Gasteiger partial charge in [-0.15, -0.1) is 0 Å². The van der Waals surface area contributed by atoms with Crippen LogP contribution in [-0.4, -0.2) is 35.6 Å². The van der Waals surface area contributed by atoms with Gasteiger partial charge in [0, 0.05) is 12.1 Å². The lowest BCUT2D eigenvalue weighted by atomic mass is 9.95. The molecule has 2 aliphatic rings. The van der Waals surface area contributed by atoms with Crippen LogP contribution in [0.4, 0.5) is 0 Å². The number of hydrogen-bond acceptors (Lipinski definition) is 7. The van der Waals surface area contributed by atoms with Crippen molar-refractivity contribution < 1.29 is 33.3 Å². The third kappa shape index (κ3) is 3.48. The Balaban J connectivity index is 1.61. The van der Waals surface area contributed by atoms with Gasteiger partial charge in [0.2, 0.25) is 6.79 Å². The monoisotopic (exact) mass is 461 g/mol. The highest BCUT2D eigenvalue weighted by Gasteiger charge is 2.47. The average molecular weight is 461 g/mol. The molecule has 0 saturated carbocycles. The Morgan fingerprint density at radius 3 is 2.62 bits per heavy atom. The Labute approximate surface area is 196 Å². The van der Waals surface area contributed by atoms with Crippen LogP contribution in [0.5, 0.6) is 17.2 Å². The summed E-state index contributed by atoms with van der Waals surface area (Å²) in [5, 5.41) is 11.3. The number of aliphatic hydroxyl groups is 1. The number of ether oxygens (including phenoxy) is 3. The summed E-state index contributed by atoms with van der Waals surface area (Å²) < 4.78 is 21.8. The van der Waals surface area contributed by atoms with E-state index >= 15 is 0 Å². The molecular weight excluding hydrogens is 438 g/mol. The normalized spacial score (nSPS) is 18.6. The average Bonchev–Trinajstić information content (AvgIpc) is 3.56. The van der Waals surface area contributed by atoms with Crippen molar-refractivity contribution in [1.82, 2.24) is 4.90 Å². The standard InChI is InChI=1S/C26H23NO7/c1-14-10-20(31-3)15(2)9-17(14)24(28)22-23(19-5-4-8-32-19)27(26(30)25(22)29)12-16-6-7-18-21(11-16)34-13-33-18/h4-11,23,28H,12-13H2,1-3H3/b24-22-. The molecule has 174 valence electrons. The lowest BCUT2D eigenvalue weighted by Gasteiger charge is -2.23. The first kappa shape index (κ1) is 21.6. The molecule has 3 heterocycles. The number of rotatable bonds is 5. The minimum atomic E-state index is -0.887. The second kappa shape index (κ2) is 8.30. The number of likely N-dealkylation sites (tertiary alicyclic amines) is 1. The number of fused-ring (bicyclic) bond motifs is 1. The van der Waals surface area contributed by atoms with Gasteiger partial charge in [0.15, 0.2) is 11.5 Å². The zero-order valence-corrected chi connectivity index (χ0v) is 19.0. The Hall–Kier alpha value is -4.20. The lowest BCUT2D eigenvalue weighted by Crippen LogP contribution is -2.29. The van der Waals surface area contributed by atoms with Crippen molar-refractivity contribution in [2.75, 3.05) is 13.9 Å². The third-order valence-electron chi connectivity index (χ3n) is 6.14. The summed E-state index contributed by atoms with van der Waals surface area (Å²) in [5.41, 5.74) is 2.68. The first-order chi connectivity index (χ1) is 16.4. The highest BCUT2D eigenvalue weighted by Crippen LogP contribution is 2.42. The van der Waals surface area contributed by atoms with Gasteiger partial charge in [-0.25, -0.2) is 0 Å². The van der Waals surface area contributed by atoms with Crippen LogP contribution < -0.4 is 14.2 Å². The van der Waals surface area contributed by atoms with Crippen molar-refractivity contribution in [2.45, 2.75) is 26.4 Å². The fraction of sp³-hybridized carbons (Fsp3) is 0.231. The van der Waals surface area contributed by atoms with Gasteiger partial charge in [-0.2, -0.15) is 0 Å². The number of furan rings is 1. The van der Waals surface area contributed by atoms with Gasteiger partial charge < -0.3 is 28.6 Å². The maximum atomic E-state index is 13.2. The number of carbonyl (C=O) groups is 2. The summed E-state index contributed by atoms with van der Waals surface area (Å²) in [6, 6.07) is 11.4. The number of ketones is 1. The molecule has 1 fully saturated rings. The zero-order chi connectivity index (χ0) is 24.0. The molecule has 0 aliphatic carbocycles. The summed E-state index contributed by atoms with van der Waals surface area (Å²) in [7, 11) is 1.57. The maximum Gasteiger partial charge on any atom is 0.296 e. The maximum absolute atomic E-state index is 13.2. The number of aliphatic hydroxyl groups excluding tert-OH is 1. The molecule has 3 aromatic rings. The van der Waals surface area contributed by atoms with E-state index in [0.29, 0.717) is 34.1 Å². The van der Waals surface area contributed by atoms with E-state index in [0.717, 1.165) is 11.1 Å². The Bertz CT molecular complexity index is 1320. The summed E-state index contributed by atoms with van der Waals surface area (Å²) in [5.74, 6) is 0.503. The lowest BCUT2D eigenvalue weighted by molar-refractivity contribution is -0.140. The molecule has 0 radical (unpaired) electrons. The highest BCUT2D eigenvalue weighted by atomic mass is 16.7. The van der Waals surface area contributed by atoms with Crippen molar-refractivity contribution in [2.24, 2.45) is 0 Å². The largest absolute Gasteiger partial charge is 0.507 e. The minimum Gasteiger partial charge on any atom is -0.507 e. The molecule has 1 amide bonds. The van der Waals surface area contributed by atoms with Crippen LogP contribution >= 0.6 is 0 Å². The van der Waals surface area contributed by atoms with E-state index in [4.69, 9.17) is 18.6 Å². The molecule has 1 unspecified atom stereocenters. The minimum absolute atomic E-state index is 0.0200. The number of aryl methyl sites for hydroxylation is 2. The van der Waals surface area contributed by atoms with Gasteiger partial charge in [0.05, 0.1) is 18.9 Å². The Morgan fingerprint density at radius 1 is 1.09 bits per heavy atom. The van der Waals surface area contributed by atoms with Gasteiger partial charge in [-0.05, 0) is 66.9 Å². The highest BCUT2D eigenvalue weighted by molar-refractivity contribution is 6.46. The predicted octanol–water partition coefficient (Wildman–Crippen LogP) is 4.26. The quantitative estimate of drug-likeness (QED) is 0.344. The van der Waals surface area contributed by atoms with E-state index in [-0.39, 0.29) is 24.7 Å². The van der Waals surface area contributed by atoms with Crippen LogP contribution in [0.1, 0.15) is 34.1 Å².